The number of nitro groups is 1. The number of nitrogens with zero attached hydrogens (tertiary/aromatic N) is 2. The summed E-state index contributed by atoms with van der Waals surface area (Å²) in [5.74, 6) is -0.544. The summed E-state index contributed by atoms with van der Waals surface area (Å²) < 4.78 is 4.52. The van der Waals surface area contributed by atoms with Gasteiger partial charge in [-0.05, 0) is 18.1 Å². The van der Waals surface area contributed by atoms with Gasteiger partial charge in [0.25, 0.3) is 5.69 Å². The number of nitriles is 1. The zero-order chi connectivity index (χ0) is 13.7. The molecule has 0 fully saturated rings. The molecule has 0 aliphatic carbocycles. The molecule has 0 N–H and O–H groups in total. The second kappa shape index (κ2) is 5.77. The number of carbonyl (C=O) groups is 1. The van der Waals surface area contributed by atoms with Crippen molar-refractivity contribution in [1.82, 2.24) is 0 Å². The van der Waals surface area contributed by atoms with E-state index in [2.05, 4.69) is 4.74 Å². The van der Waals surface area contributed by atoms with Crippen LogP contribution in [0.15, 0.2) is 12.1 Å². The van der Waals surface area contributed by atoms with E-state index in [0.29, 0.717) is 17.5 Å². The van der Waals surface area contributed by atoms with Gasteiger partial charge in [-0.15, -0.1) is 0 Å². The summed E-state index contributed by atoms with van der Waals surface area (Å²) in [7, 11) is 1.23. The van der Waals surface area contributed by atoms with Gasteiger partial charge in [0.05, 0.1) is 30.1 Å². The first-order chi connectivity index (χ1) is 8.53. The van der Waals surface area contributed by atoms with Crippen molar-refractivity contribution in [1.29, 1.82) is 5.26 Å². The summed E-state index contributed by atoms with van der Waals surface area (Å²) in [5, 5.41) is 19.8. The third-order valence-corrected chi connectivity index (χ3v) is 2.57. The average molecular weight is 248 g/mol. The lowest BCUT2D eigenvalue weighted by Gasteiger charge is -2.08. The molecule has 94 valence electrons. The highest BCUT2D eigenvalue weighted by Crippen LogP contribution is 2.26. The number of esters is 1. The number of ether oxygens (including phenoxy) is 1. The second-order valence-corrected chi connectivity index (χ2v) is 3.61. The highest BCUT2D eigenvalue weighted by Gasteiger charge is 2.21. The molecule has 0 heterocycles. The van der Waals surface area contributed by atoms with E-state index in [1.807, 2.05) is 6.07 Å². The van der Waals surface area contributed by atoms with Crippen LogP contribution in [-0.2, 0) is 22.4 Å². The van der Waals surface area contributed by atoms with Crippen LogP contribution in [0.4, 0.5) is 5.69 Å². The van der Waals surface area contributed by atoms with Crippen molar-refractivity contribution < 1.29 is 14.5 Å². The maximum Gasteiger partial charge on any atom is 0.310 e. The smallest absolute Gasteiger partial charge is 0.310 e. The van der Waals surface area contributed by atoms with E-state index in [1.165, 1.54) is 13.2 Å². The van der Waals surface area contributed by atoms with Gasteiger partial charge < -0.3 is 4.74 Å². The number of hydrogen-bond acceptors (Lipinski definition) is 5. The van der Waals surface area contributed by atoms with Crippen LogP contribution in [0.1, 0.15) is 23.6 Å². The fourth-order valence-corrected chi connectivity index (χ4v) is 1.68. The summed E-state index contributed by atoms with van der Waals surface area (Å²) in [4.78, 5) is 21.7. The van der Waals surface area contributed by atoms with Crippen LogP contribution < -0.4 is 0 Å². The molecule has 0 radical (unpaired) electrons. The Hall–Kier alpha value is -2.42. The number of nitro benzene ring substituents is 1. The third-order valence-electron chi connectivity index (χ3n) is 2.57. The molecule has 0 aromatic heterocycles. The molecule has 6 heteroatoms. The lowest BCUT2D eigenvalue weighted by Crippen LogP contribution is -2.10. The number of rotatable bonds is 4. The third kappa shape index (κ3) is 2.83. The minimum Gasteiger partial charge on any atom is -0.469 e. The van der Waals surface area contributed by atoms with Gasteiger partial charge in [0.15, 0.2) is 0 Å². The highest BCUT2D eigenvalue weighted by atomic mass is 16.6. The Morgan fingerprint density at radius 1 is 1.56 bits per heavy atom. The molecule has 6 nitrogen and oxygen atoms in total. The number of benzene rings is 1. The van der Waals surface area contributed by atoms with Crippen LogP contribution in [-0.4, -0.2) is 18.0 Å². The molecule has 0 unspecified atom stereocenters. The Morgan fingerprint density at radius 2 is 2.22 bits per heavy atom. The Kier molecular flexibility index (Phi) is 4.38. The lowest BCUT2D eigenvalue weighted by atomic mass is 9.97. The van der Waals surface area contributed by atoms with Gasteiger partial charge in [0, 0.05) is 11.6 Å². The maximum absolute atomic E-state index is 11.3. The minimum absolute atomic E-state index is 0.165. The Balaban J connectivity index is 3.40. The summed E-state index contributed by atoms with van der Waals surface area (Å²) in [6.45, 7) is 1.81. The predicted octanol–water partition coefficient (Wildman–Crippen LogP) is 1.74. The summed E-state index contributed by atoms with van der Waals surface area (Å²) in [6, 6.07) is 4.61. The molecule has 0 spiro atoms. The fraction of sp³-hybridized carbons (Fsp3) is 0.333. The first-order valence-electron chi connectivity index (χ1n) is 5.30. The van der Waals surface area contributed by atoms with Crippen molar-refractivity contribution in [2.75, 3.05) is 7.11 Å². The summed E-state index contributed by atoms with van der Waals surface area (Å²) in [5.41, 5.74) is 0.933. The molecule has 0 amide bonds. The molecule has 0 atom stereocenters. The molecule has 0 aliphatic rings. The van der Waals surface area contributed by atoms with Crippen molar-refractivity contribution in [3.63, 3.8) is 0 Å². The van der Waals surface area contributed by atoms with E-state index < -0.39 is 10.9 Å². The number of methoxy groups -OCH3 is 1. The van der Waals surface area contributed by atoms with E-state index in [4.69, 9.17) is 5.26 Å². The van der Waals surface area contributed by atoms with Crippen molar-refractivity contribution in [3.8, 4) is 6.07 Å². The van der Waals surface area contributed by atoms with E-state index in [0.717, 1.165) is 0 Å². The van der Waals surface area contributed by atoms with Crippen LogP contribution in [0.2, 0.25) is 0 Å². The van der Waals surface area contributed by atoms with E-state index in [9.17, 15) is 14.9 Å². The SMILES string of the molecule is CCc1cc(C#N)cc([N+](=O)[O-])c1CC(=O)OC. The Labute approximate surface area is 104 Å². The van der Waals surface area contributed by atoms with Crippen molar-refractivity contribution >= 4 is 11.7 Å². The maximum atomic E-state index is 11.3. The summed E-state index contributed by atoms with van der Waals surface area (Å²) >= 11 is 0. The first-order valence-corrected chi connectivity index (χ1v) is 5.30. The van der Waals surface area contributed by atoms with Gasteiger partial charge in [-0.25, -0.2) is 0 Å². The lowest BCUT2D eigenvalue weighted by molar-refractivity contribution is -0.385. The normalized spacial score (nSPS) is 9.61. The van der Waals surface area contributed by atoms with Crippen molar-refractivity contribution in [2.24, 2.45) is 0 Å². The predicted molar refractivity (Wildman–Crippen MR) is 62.9 cm³/mol. The molecule has 0 bridgehead atoms. The largest absolute Gasteiger partial charge is 0.469 e. The second-order valence-electron chi connectivity index (χ2n) is 3.61. The molecule has 1 aromatic carbocycles. The zero-order valence-electron chi connectivity index (χ0n) is 10.1. The number of carbonyl (C=O) groups excluding carboxylic acids is 1. The van der Waals surface area contributed by atoms with E-state index >= 15 is 0 Å². The molecule has 1 rings (SSSR count). The standard InChI is InChI=1S/C12H12N2O4/c1-3-9-4-8(7-13)5-11(14(16)17)10(9)6-12(15)18-2/h4-5H,3,6H2,1-2H3. The van der Waals surface area contributed by atoms with Crippen LogP contribution in [0.25, 0.3) is 0 Å². The summed E-state index contributed by atoms with van der Waals surface area (Å²) in [6.07, 6.45) is 0.338. The van der Waals surface area contributed by atoms with Gasteiger partial charge in [0.1, 0.15) is 0 Å². The monoisotopic (exact) mass is 248 g/mol. The van der Waals surface area contributed by atoms with Crippen LogP contribution in [0.3, 0.4) is 0 Å². The van der Waals surface area contributed by atoms with Crippen LogP contribution in [0, 0.1) is 21.4 Å². The topological polar surface area (TPSA) is 93.2 Å². The van der Waals surface area contributed by atoms with Gasteiger partial charge in [-0.1, -0.05) is 6.92 Å². The van der Waals surface area contributed by atoms with Crippen molar-refractivity contribution in [2.45, 2.75) is 19.8 Å². The van der Waals surface area contributed by atoms with E-state index in [1.54, 1.807) is 13.0 Å². The zero-order valence-corrected chi connectivity index (χ0v) is 10.1. The molecular formula is C12H12N2O4. The first kappa shape index (κ1) is 13.6. The molecule has 0 saturated carbocycles. The van der Waals surface area contributed by atoms with Crippen LogP contribution in [0.5, 0.6) is 0 Å². The van der Waals surface area contributed by atoms with E-state index in [-0.39, 0.29) is 17.7 Å². The van der Waals surface area contributed by atoms with Crippen molar-refractivity contribution in [3.05, 3.63) is 38.9 Å². The van der Waals surface area contributed by atoms with Gasteiger partial charge in [-0.2, -0.15) is 5.26 Å². The quantitative estimate of drug-likeness (QED) is 0.459. The molecular weight excluding hydrogens is 236 g/mol. The average Bonchev–Trinajstić information content (AvgIpc) is 2.38. The number of hydrogen-bond donors (Lipinski definition) is 0. The fourth-order valence-electron chi connectivity index (χ4n) is 1.68. The van der Waals surface area contributed by atoms with Gasteiger partial charge in [-0.3, -0.25) is 14.9 Å². The molecule has 0 saturated heterocycles. The highest BCUT2D eigenvalue weighted by molar-refractivity contribution is 5.75. The Morgan fingerprint density at radius 3 is 2.67 bits per heavy atom. The molecule has 18 heavy (non-hydrogen) atoms. The number of aryl methyl sites for hydroxylation is 1. The Bertz CT molecular complexity index is 532. The molecule has 0 aliphatic heterocycles. The van der Waals surface area contributed by atoms with Gasteiger partial charge >= 0.3 is 5.97 Å². The molecule has 1 aromatic rings. The minimum atomic E-state index is -0.585. The van der Waals surface area contributed by atoms with Gasteiger partial charge in [0.2, 0.25) is 0 Å². The van der Waals surface area contributed by atoms with Crippen LogP contribution >= 0.6 is 0 Å².